The van der Waals surface area contributed by atoms with E-state index in [1.54, 1.807) is 48.0 Å². The van der Waals surface area contributed by atoms with Gasteiger partial charge in [-0.2, -0.15) is 18.3 Å². The zero-order valence-electron chi connectivity index (χ0n) is 25.3. The lowest BCUT2D eigenvalue weighted by molar-refractivity contribution is -0.260. The summed E-state index contributed by atoms with van der Waals surface area (Å²) >= 11 is 0. The van der Waals surface area contributed by atoms with Gasteiger partial charge in [-0.25, -0.2) is 9.07 Å². The van der Waals surface area contributed by atoms with Crippen LogP contribution in [0.1, 0.15) is 48.2 Å². The third-order valence-electron chi connectivity index (χ3n) is 7.57. The van der Waals surface area contributed by atoms with E-state index in [4.69, 9.17) is 10.5 Å². The second-order valence-corrected chi connectivity index (χ2v) is 11.6. The predicted molar refractivity (Wildman–Crippen MR) is 162 cm³/mol. The van der Waals surface area contributed by atoms with Crippen molar-refractivity contribution in [1.29, 1.82) is 0 Å². The molecule has 9 nitrogen and oxygen atoms in total. The summed E-state index contributed by atoms with van der Waals surface area (Å²) in [7, 11) is 1.34. The van der Waals surface area contributed by atoms with Crippen molar-refractivity contribution in [2.45, 2.75) is 50.8 Å². The smallest absolute Gasteiger partial charge is 0.418 e. The van der Waals surface area contributed by atoms with Gasteiger partial charge in [0.1, 0.15) is 11.6 Å². The number of fused-ring (bicyclic) bond motifs is 1. The summed E-state index contributed by atoms with van der Waals surface area (Å²) in [4.78, 5) is 23.6. The van der Waals surface area contributed by atoms with Crippen LogP contribution in [0.15, 0.2) is 60.8 Å². The fourth-order valence-electron chi connectivity index (χ4n) is 5.34. The van der Waals surface area contributed by atoms with Crippen molar-refractivity contribution in [3.63, 3.8) is 0 Å². The standard InChI is InChI=1S/C32H35F4N5O4/c1-19-12-25(39-18-31(44,32(34,35)36)17-30(2,3)24-15-21(33)8-9-27(24)45-4)23-16-40-41(26(23)13-19)22-7-5-6-20(14-22)29(43)38-11-10-28(37)42/h5-9,12-16,39,44H,10-11,17-18H2,1-4H3,(H2,37,42)(H,38,43). The Morgan fingerprint density at radius 1 is 1.09 bits per heavy atom. The molecule has 0 bridgehead atoms. The summed E-state index contributed by atoms with van der Waals surface area (Å²) in [5.74, 6) is -1.39. The van der Waals surface area contributed by atoms with E-state index in [1.165, 1.54) is 33.2 Å². The number of halogens is 4. The number of hydrogen-bond donors (Lipinski definition) is 4. The van der Waals surface area contributed by atoms with Gasteiger partial charge in [0.05, 0.1) is 31.1 Å². The van der Waals surface area contributed by atoms with Crippen molar-refractivity contribution in [1.82, 2.24) is 15.1 Å². The van der Waals surface area contributed by atoms with Crippen LogP contribution in [0.3, 0.4) is 0 Å². The number of benzene rings is 3. The highest BCUT2D eigenvalue weighted by molar-refractivity contribution is 5.96. The summed E-state index contributed by atoms with van der Waals surface area (Å²) in [6.45, 7) is 3.92. The molecule has 2 amide bonds. The quantitative estimate of drug-likeness (QED) is 0.160. The number of nitrogens with zero attached hydrogens (tertiary/aromatic N) is 2. The number of rotatable bonds is 12. The second kappa shape index (κ2) is 12.8. The van der Waals surface area contributed by atoms with Crippen LogP contribution in [-0.2, 0) is 10.2 Å². The fraction of sp³-hybridized carbons (Fsp3) is 0.344. The number of carbonyl (C=O) groups is 2. The van der Waals surface area contributed by atoms with Gasteiger partial charge in [0, 0.05) is 35.2 Å². The molecule has 45 heavy (non-hydrogen) atoms. The zero-order valence-corrected chi connectivity index (χ0v) is 25.3. The Labute approximate surface area is 257 Å². The van der Waals surface area contributed by atoms with Crippen LogP contribution >= 0.6 is 0 Å². The van der Waals surface area contributed by atoms with Gasteiger partial charge in [-0.1, -0.05) is 19.9 Å². The number of hydrogen-bond acceptors (Lipinski definition) is 6. The minimum Gasteiger partial charge on any atom is -0.496 e. The maximum absolute atomic E-state index is 14.5. The Kier molecular flexibility index (Phi) is 9.43. The molecule has 240 valence electrons. The number of aliphatic hydroxyl groups is 1. The Balaban J connectivity index is 1.63. The molecule has 0 saturated heterocycles. The maximum atomic E-state index is 14.5. The number of primary amides is 1. The molecular weight excluding hydrogens is 594 g/mol. The highest BCUT2D eigenvalue weighted by Crippen LogP contribution is 2.44. The number of ether oxygens (including phenoxy) is 1. The van der Waals surface area contributed by atoms with Gasteiger partial charge < -0.3 is 26.2 Å². The number of alkyl halides is 3. The molecular formula is C32H35F4N5O4. The minimum absolute atomic E-state index is 0.00968. The van der Waals surface area contributed by atoms with Crippen molar-refractivity contribution in [2.24, 2.45) is 5.73 Å². The van der Waals surface area contributed by atoms with Gasteiger partial charge in [-0.15, -0.1) is 0 Å². The van der Waals surface area contributed by atoms with Gasteiger partial charge >= 0.3 is 6.18 Å². The van der Waals surface area contributed by atoms with Gasteiger partial charge in [0.15, 0.2) is 5.60 Å². The molecule has 0 aliphatic heterocycles. The average molecular weight is 630 g/mol. The molecule has 1 aromatic heterocycles. The van der Waals surface area contributed by atoms with Crippen LogP contribution in [0.2, 0.25) is 0 Å². The Hall–Kier alpha value is -4.65. The normalized spacial score (nSPS) is 13.4. The van der Waals surface area contributed by atoms with E-state index in [9.17, 15) is 32.3 Å². The molecule has 5 N–H and O–H groups in total. The van der Waals surface area contributed by atoms with Crippen LogP contribution < -0.4 is 21.1 Å². The molecule has 0 saturated carbocycles. The molecule has 1 heterocycles. The highest BCUT2D eigenvalue weighted by atomic mass is 19.4. The lowest BCUT2D eigenvalue weighted by Crippen LogP contribution is -2.53. The molecule has 0 fully saturated rings. The molecule has 0 aliphatic rings. The van der Waals surface area contributed by atoms with Crippen LogP contribution in [0.25, 0.3) is 16.6 Å². The van der Waals surface area contributed by atoms with E-state index >= 15 is 0 Å². The number of methoxy groups -OCH3 is 1. The monoisotopic (exact) mass is 629 g/mol. The summed E-state index contributed by atoms with van der Waals surface area (Å²) in [6.07, 6.45) is -4.36. The Bertz CT molecular complexity index is 1720. The third kappa shape index (κ3) is 7.36. The molecule has 4 rings (SSSR count). The van der Waals surface area contributed by atoms with E-state index < -0.39 is 47.8 Å². The lowest BCUT2D eigenvalue weighted by atomic mass is 9.74. The van der Waals surface area contributed by atoms with Crippen molar-refractivity contribution in [2.75, 3.05) is 25.5 Å². The second-order valence-electron chi connectivity index (χ2n) is 11.6. The number of aromatic nitrogens is 2. The molecule has 0 spiro atoms. The number of nitrogens with two attached hydrogens (primary N) is 1. The summed E-state index contributed by atoms with van der Waals surface area (Å²) in [5, 5.41) is 21.4. The molecule has 1 atom stereocenters. The van der Waals surface area contributed by atoms with E-state index in [-0.39, 0.29) is 24.3 Å². The lowest BCUT2D eigenvalue weighted by Gasteiger charge is -2.38. The van der Waals surface area contributed by atoms with E-state index in [2.05, 4.69) is 15.7 Å². The summed E-state index contributed by atoms with van der Waals surface area (Å²) in [5.41, 5.74) is 3.13. The largest absolute Gasteiger partial charge is 0.496 e. The average Bonchev–Trinajstić information content (AvgIpc) is 3.39. The first-order chi connectivity index (χ1) is 21.0. The van der Waals surface area contributed by atoms with E-state index in [0.717, 1.165) is 12.1 Å². The number of carbonyl (C=O) groups excluding carboxylic acids is 2. The first-order valence-electron chi connectivity index (χ1n) is 14.1. The molecule has 1 unspecified atom stereocenters. The molecule has 13 heteroatoms. The van der Waals surface area contributed by atoms with Crippen molar-refractivity contribution in [3.8, 4) is 11.4 Å². The molecule has 0 radical (unpaired) electrons. The van der Waals surface area contributed by atoms with Crippen LogP contribution in [0.5, 0.6) is 5.75 Å². The number of nitrogens with one attached hydrogen (secondary N) is 2. The van der Waals surface area contributed by atoms with Crippen LogP contribution in [-0.4, -0.2) is 58.7 Å². The van der Waals surface area contributed by atoms with Crippen molar-refractivity contribution in [3.05, 3.63) is 83.3 Å². The minimum atomic E-state index is -5.04. The first-order valence-corrected chi connectivity index (χ1v) is 14.1. The number of anilines is 1. The van der Waals surface area contributed by atoms with Gasteiger partial charge in [0.25, 0.3) is 5.91 Å². The van der Waals surface area contributed by atoms with Crippen LogP contribution in [0.4, 0.5) is 23.2 Å². The zero-order chi connectivity index (χ0) is 33.2. The van der Waals surface area contributed by atoms with Crippen LogP contribution in [0, 0.1) is 12.7 Å². The fourth-order valence-corrected chi connectivity index (χ4v) is 5.34. The maximum Gasteiger partial charge on any atom is 0.418 e. The molecule has 3 aromatic carbocycles. The van der Waals surface area contributed by atoms with Gasteiger partial charge in [-0.05, 0) is 72.9 Å². The number of aryl methyl sites for hydroxylation is 1. The van der Waals surface area contributed by atoms with Crippen molar-refractivity contribution < 1.29 is 37.0 Å². The molecule has 4 aromatic rings. The predicted octanol–water partition coefficient (Wildman–Crippen LogP) is 5.16. The Morgan fingerprint density at radius 2 is 1.82 bits per heavy atom. The van der Waals surface area contributed by atoms with Crippen molar-refractivity contribution >= 4 is 28.4 Å². The summed E-state index contributed by atoms with van der Waals surface area (Å²) in [6, 6.07) is 13.6. The topological polar surface area (TPSA) is 132 Å². The first kappa shape index (κ1) is 33.2. The number of amides is 2. The highest BCUT2D eigenvalue weighted by Gasteiger charge is 2.56. The van der Waals surface area contributed by atoms with Gasteiger partial charge in [-0.3, -0.25) is 9.59 Å². The SMILES string of the molecule is COc1ccc(F)cc1C(C)(C)CC(O)(CNc1cc(C)cc2c1cnn2-c1cccc(C(=O)NCCC(N)=O)c1)C(F)(F)F. The Morgan fingerprint density at radius 3 is 2.49 bits per heavy atom. The van der Waals surface area contributed by atoms with E-state index in [1.807, 2.05) is 0 Å². The molecule has 0 aliphatic carbocycles. The third-order valence-corrected chi connectivity index (χ3v) is 7.57. The van der Waals surface area contributed by atoms with E-state index in [0.29, 0.717) is 33.4 Å². The summed E-state index contributed by atoms with van der Waals surface area (Å²) < 4.78 is 64.4. The van der Waals surface area contributed by atoms with Gasteiger partial charge in [0.2, 0.25) is 5.91 Å².